The molecule has 4 atom stereocenters. The van der Waals surface area contributed by atoms with Crippen molar-refractivity contribution in [3.63, 3.8) is 0 Å². The first-order chi connectivity index (χ1) is 14.0. The van der Waals surface area contributed by atoms with E-state index in [1.165, 1.54) is 0 Å². The van der Waals surface area contributed by atoms with Gasteiger partial charge in [-0.15, -0.1) is 0 Å². The highest BCUT2D eigenvalue weighted by atomic mass is 16.5. The zero-order valence-electron chi connectivity index (χ0n) is 16.9. The van der Waals surface area contributed by atoms with Gasteiger partial charge < -0.3 is 24.8 Å². The summed E-state index contributed by atoms with van der Waals surface area (Å²) < 4.78 is 6.08. The summed E-state index contributed by atoms with van der Waals surface area (Å²) in [6.07, 6.45) is 5.39. The lowest BCUT2D eigenvalue weighted by Gasteiger charge is -2.34. The number of ether oxygens (including phenoxy) is 1. The molecule has 3 saturated heterocycles. The SMILES string of the molecule is CN1CCN(c2ncccc2CNC(=O)[C@H]2[C@@H]3C=C[C@@]4(CN(C)C(=O)[C@@H]24)O3)CC1. The minimum Gasteiger partial charge on any atom is -0.360 e. The zero-order chi connectivity index (χ0) is 20.2. The monoisotopic (exact) mass is 397 g/mol. The van der Waals surface area contributed by atoms with Crippen molar-refractivity contribution in [2.24, 2.45) is 11.8 Å². The number of pyridine rings is 1. The number of nitrogens with zero attached hydrogens (tertiary/aromatic N) is 4. The van der Waals surface area contributed by atoms with E-state index in [9.17, 15) is 9.59 Å². The molecule has 4 aliphatic rings. The van der Waals surface area contributed by atoms with Crippen LogP contribution in [0.15, 0.2) is 30.5 Å². The molecule has 1 spiro atoms. The van der Waals surface area contributed by atoms with Crippen molar-refractivity contribution in [3.05, 3.63) is 36.0 Å². The van der Waals surface area contributed by atoms with Gasteiger partial charge in [-0.1, -0.05) is 18.2 Å². The van der Waals surface area contributed by atoms with E-state index in [-0.39, 0.29) is 17.9 Å². The maximum atomic E-state index is 13.1. The molecule has 0 aromatic carbocycles. The molecule has 4 aliphatic heterocycles. The summed E-state index contributed by atoms with van der Waals surface area (Å²) >= 11 is 0. The Morgan fingerprint density at radius 2 is 2.10 bits per heavy atom. The quantitative estimate of drug-likeness (QED) is 0.713. The Labute approximate surface area is 170 Å². The summed E-state index contributed by atoms with van der Waals surface area (Å²) in [5.41, 5.74) is 0.368. The van der Waals surface area contributed by atoms with Gasteiger partial charge in [0.05, 0.1) is 24.5 Å². The molecule has 5 rings (SSSR count). The van der Waals surface area contributed by atoms with Crippen LogP contribution in [0.3, 0.4) is 0 Å². The first kappa shape index (κ1) is 18.6. The van der Waals surface area contributed by atoms with Crippen LogP contribution in [-0.4, -0.2) is 85.1 Å². The first-order valence-electron chi connectivity index (χ1n) is 10.3. The minimum absolute atomic E-state index is 0.00324. The van der Waals surface area contributed by atoms with Gasteiger partial charge in [-0.05, 0) is 13.1 Å². The van der Waals surface area contributed by atoms with Crippen LogP contribution < -0.4 is 10.2 Å². The number of aromatic nitrogens is 1. The van der Waals surface area contributed by atoms with Crippen LogP contribution >= 0.6 is 0 Å². The topological polar surface area (TPSA) is 78.0 Å². The molecule has 8 heteroatoms. The highest BCUT2D eigenvalue weighted by molar-refractivity contribution is 5.92. The van der Waals surface area contributed by atoms with E-state index in [0.29, 0.717) is 13.1 Å². The number of carbonyl (C=O) groups is 2. The fraction of sp³-hybridized carbons (Fsp3) is 0.571. The average molecular weight is 397 g/mol. The van der Waals surface area contributed by atoms with Gasteiger partial charge >= 0.3 is 0 Å². The maximum absolute atomic E-state index is 13.1. The van der Waals surface area contributed by atoms with Gasteiger partial charge in [-0.3, -0.25) is 9.59 Å². The van der Waals surface area contributed by atoms with Gasteiger partial charge in [0.2, 0.25) is 11.8 Å². The summed E-state index contributed by atoms with van der Waals surface area (Å²) in [5, 5.41) is 3.06. The first-order valence-corrected chi connectivity index (χ1v) is 10.3. The van der Waals surface area contributed by atoms with Crippen LogP contribution in [-0.2, 0) is 20.9 Å². The molecule has 2 bridgehead atoms. The normalized spacial score (nSPS) is 33.4. The fourth-order valence-corrected chi connectivity index (χ4v) is 5.16. The number of likely N-dealkylation sites (tertiary alicyclic amines) is 1. The van der Waals surface area contributed by atoms with E-state index < -0.39 is 17.4 Å². The van der Waals surface area contributed by atoms with Crippen molar-refractivity contribution in [1.82, 2.24) is 20.1 Å². The van der Waals surface area contributed by atoms with Gasteiger partial charge in [-0.2, -0.15) is 0 Å². The van der Waals surface area contributed by atoms with E-state index in [1.807, 2.05) is 24.3 Å². The average Bonchev–Trinajstić information content (AvgIpc) is 3.35. The third kappa shape index (κ3) is 2.93. The van der Waals surface area contributed by atoms with Crippen LogP contribution in [0.1, 0.15) is 5.56 Å². The molecule has 1 aromatic rings. The molecular weight excluding hydrogens is 370 g/mol. The number of carbonyl (C=O) groups excluding carboxylic acids is 2. The molecule has 3 fully saturated rings. The third-order valence-electron chi connectivity index (χ3n) is 6.72. The molecule has 2 amide bonds. The summed E-state index contributed by atoms with van der Waals surface area (Å²) in [7, 11) is 3.89. The lowest BCUT2D eigenvalue weighted by molar-refractivity contribution is -0.136. The molecule has 1 N–H and O–H groups in total. The van der Waals surface area contributed by atoms with Crippen LogP contribution in [0, 0.1) is 11.8 Å². The third-order valence-corrected chi connectivity index (χ3v) is 6.72. The molecule has 29 heavy (non-hydrogen) atoms. The maximum Gasteiger partial charge on any atom is 0.229 e. The predicted molar refractivity (Wildman–Crippen MR) is 107 cm³/mol. The molecule has 0 unspecified atom stereocenters. The number of rotatable bonds is 4. The lowest BCUT2D eigenvalue weighted by Crippen LogP contribution is -2.46. The largest absolute Gasteiger partial charge is 0.360 e. The molecule has 1 aromatic heterocycles. The van der Waals surface area contributed by atoms with Crippen molar-refractivity contribution >= 4 is 17.6 Å². The van der Waals surface area contributed by atoms with Crippen molar-refractivity contribution in [1.29, 1.82) is 0 Å². The lowest BCUT2D eigenvalue weighted by atomic mass is 9.77. The fourth-order valence-electron chi connectivity index (χ4n) is 5.16. The van der Waals surface area contributed by atoms with Gasteiger partial charge in [0.15, 0.2) is 0 Å². The molecule has 154 valence electrons. The number of fused-ring (bicyclic) bond motifs is 1. The second-order valence-corrected chi connectivity index (χ2v) is 8.59. The Balaban J connectivity index is 1.30. The summed E-state index contributed by atoms with van der Waals surface area (Å²) in [6, 6.07) is 3.91. The van der Waals surface area contributed by atoms with Gasteiger partial charge in [0.1, 0.15) is 11.4 Å². The second-order valence-electron chi connectivity index (χ2n) is 8.59. The number of hydrogen-bond acceptors (Lipinski definition) is 6. The zero-order valence-corrected chi connectivity index (χ0v) is 16.9. The Morgan fingerprint density at radius 3 is 2.90 bits per heavy atom. The Bertz CT molecular complexity index is 866. The highest BCUT2D eigenvalue weighted by Gasteiger charge is 2.66. The molecular formula is C21H27N5O3. The van der Waals surface area contributed by atoms with E-state index in [1.54, 1.807) is 18.1 Å². The van der Waals surface area contributed by atoms with E-state index in [4.69, 9.17) is 4.74 Å². The van der Waals surface area contributed by atoms with Crippen molar-refractivity contribution in [2.45, 2.75) is 18.2 Å². The number of nitrogens with one attached hydrogen (secondary N) is 1. The molecule has 0 aliphatic carbocycles. The van der Waals surface area contributed by atoms with Crippen LogP contribution in [0.5, 0.6) is 0 Å². The Kier molecular flexibility index (Phi) is 4.36. The van der Waals surface area contributed by atoms with Gasteiger partial charge in [0.25, 0.3) is 0 Å². The number of piperazine rings is 1. The van der Waals surface area contributed by atoms with Crippen molar-refractivity contribution in [3.8, 4) is 0 Å². The summed E-state index contributed by atoms with van der Waals surface area (Å²) in [5.74, 6) is -0.0904. The van der Waals surface area contributed by atoms with E-state index in [0.717, 1.165) is 37.6 Å². The van der Waals surface area contributed by atoms with Crippen molar-refractivity contribution < 1.29 is 14.3 Å². The van der Waals surface area contributed by atoms with Gasteiger partial charge in [0, 0.05) is 51.5 Å². The molecule has 0 saturated carbocycles. The van der Waals surface area contributed by atoms with Crippen molar-refractivity contribution in [2.75, 3.05) is 51.7 Å². The molecule has 0 radical (unpaired) electrons. The summed E-state index contributed by atoms with van der Waals surface area (Å²) in [4.78, 5) is 36.6. The van der Waals surface area contributed by atoms with Crippen LogP contribution in [0.4, 0.5) is 5.82 Å². The Hall–Kier alpha value is -2.45. The molecule has 8 nitrogen and oxygen atoms in total. The van der Waals surface area contributed by atoms with Crippen LogP contribution in [0.2, 0.25) is 0 Å². The number of hydrogen-bond donors (Lipinski definition) is 1. The summed E-state index contributed by atoms with van der Waals surface area (Å²) in [6.45, 7) is 4.74. The van der Waals surface area contributed by atoms with E-state index in [2.05, 4.69) is 27.1 Å². The standard InChI is InChI=1S/C21H27N5O3/c1-24-8-10-26(11-9-24)18-14(4-3-7-22-18)12-23-19(27)16-15-5-6-21(29-15)13-25(2)20(28)17(16)21/h3-7,15-17H,8-13H2,1-2H3,(H,23,27)/t15-,16-,17+,21-/m0/s1. The smallest absolute Gasteiger partial charge is 0.229 e. The number of amides is 2. The van der Waals surface area contributed by atoms with Crippen LogP contribution in [0.25, 0.3) is 0 Å². The minimum atomic E-state index is -0.627. The molecule has 5 heterocycles. The Morgan fingerprint density at radius 1 is 1.31 bits per heavy atom. The second kappa shape index (κ2) is 6.81. The predicted octanol–water partition coefficient (Wildman–Crippen LogP) is -0.139. The number of likely N-dealkylation sites (N-methyl/N-ethyl adjacent to an activating group) is 2. The highest BCUT2D eigenvalue weighted by Crippen LogP contribution is 2.51. The van der Waals surface area contributed by atoms with E-state index >= 15 is 0 Å². The van der Waals surface area contributed by atoms with Gasteiger partial charge in [-0.25, -0.2) is 4.98 Å². The number of anilines is 1.